The minimum Gasteiger partial charge on any atom is -0.355 e. The second kappa shape index (κ2) is 9.92. The van der Waals surface area contributed by atoms with Gasteiger partial charge in [-0.05, 0) is 49.6 Å². The molecule has 1 aliphatic rings. The monoisotopic (exact) mass is 419 g/mol. The lowest BCUT2D eigenvalue weighted by molar-refractivity contribution is -0.124. The van der Waals surface area contributed by atoms with Gasteiger partial charge in [-0.2, -0.15) is 0 Å². The van der Waals surface area contributed by atoms with E-state index in [4.69, 9.17) is 23.2 Å². The molecular formula is C21H23Cl2N3O2. The number of hydrogen-bond donors (Lipinski definition) is 2. The van der Waals surface area contributed by atoms with Crippen molar-refractivity contribution in [2.75, 3.05) is 25.0 Å². The molecule has 0 saturated carbocycles. The summed E-state index contributed by atoms with van der Waals surface area (Å²) in [4.78, 5) is 26.9. The zero-order valence-electron chi connectivity index (χ0n) is 15.5. The summed E-state index contributed by atoms with van der Waals surface area (Å²) in [7, 11) is 0. The number of hydrogen-bond acceptors (Lipinski definition) is 3. The van der Waals surface area contributed by atoms with Crippen LogP contribution < -0.4 is 10.6 Å². The van der Waals surface area contributed by atoms with E-state index in [9.17, 15) is 9.59 Å². The zero-order valence-corrected chi connectivity index (χ0v) is 17.0. The van der Waals surface area contributed by atoms with Crippen LogP contribution in [0.1, 0.15) is 18.4 Å². The number of benzene rings is 2. The van der Waals surface area contributed by atoms with E-state index in [1.165, 1.54) is 5.56 Å². The third-order valence-corrected chi connectivity index (χ3v) is 5.33. The van der Waals surface area contributed by atoms with Gasteiger partial charge in [-0.15, -0.1) is 0 Å². The minimum atomic E-state index is -0.341. The fourth-order valence-corrected chi connectivity index (χ4v) is 3.81. The summed E-state index contributed by atoms with van der Waals surface area (Å²) >= 11 is 12.0. The molecule has 28 heavy (non-hydrogen) atoms. The van der Waals surface area contributed by atoms with Crippen molar-refractivity contribution < 1.29 is 9.59 Å². The second-order valence-corrected chi connectivity index (χ2v) is 7.67. The van der Waals surface area contributed by atoms with Crippen LogP contribution in [-0.4, -0.2) is 42.4 Å². The van der Waals surface area contributed by atoms with Crippen LogP contribution in [0.5, 0.6) is 0 Å². The van der Waals surface area contributed by atoms with Crippen LogP contribution in [0.3, 0.4) is 0 Å². The Morgan fingerprint density at radius 3 is 2.64 bits per heavy atom. The molecule has 7 heteroatoms. The van der Waals surface area contributed by atoms with Gasteiger partial charge in [0, 0.05) is 11.6 Å². The number of carbonyl (C=O) groups is 2. The van der Waals surface area contributed by atoms with Crippen molar-refractivity contribution >= 4 is 40.7 Å². The summed E-state index contributed by atoms with van der Waals surface area (Å²) in [5, 5.41) is 6.68. The van der Waals surface area contributed by atoms with Gasteiger partial charge in [0.05, 0.1) is 23.3 Å². The lowest BCUT2D eigenvalue weighted by atomic mass is 10.1. The average Bonchev–Trinajstić information content (AvgIpc) is 3.13. The maximum absolute atomic E-state index is 12.7. The first-order chi connectivity index (χ1) is 13.5. The third kappa shape index (κ3) is 5.71. The van der Waals surface area contributed by atoms with Gasteiger partial charge in [0.15, 0.2) is 0 Å². The number of likely N-dealkylation sites (tertiary alicyclic amines) is 1. The Balaban J connectivity index is 1.49. The number of rotatable bonds is 7. The summed E-state index contributed by atoms with van der Waals surface area (Å²) in [6.45, 7) is 1.51. The molecule has 1 fully saturated rings. The molecule has 0 bridgehead atoms. The smallest absolute Gasteiger partial charge is 0.241 e. The number of anilines is 1. The highest BCUT2D eigenvalue weighted by molar-refractivity contribution is 6.36. The van der Waals surface area contributed by atoms with E-state index in [0.717, 1.165) is 19.4 Å². The summed E-state index contributed by atoms with van der Waals surface area (Å²) < 4.78 is 0. The Morgan fingerprint density at radius 1 is 1.11 bits per heavy atom. The van der Waals surface area contributed by atoms with Crippen molar-refractivity contribution in [3.63, 3.8) is 0 Å². The maximum Gasteiger partial charge on any atom is 0.241 e. The van der Waals surface area contributed by atoms with Crippen LogP contribution >= 0.6 is 23.2 Å². The van der Waals surface area contributed by atoms with Gasteiger partial charge in [-0.3, -0.25) is 14.5 Å². The Bertz CT molecular complexity index is 830. The Kier molecular flexibility index (Phi) is 7.31. The van der Waals surface area contributed by atoms with Crippen LogP contribution in [0, 0.1) is 0 Å². The highest BCUT2D eigenvalue weighted by Crippen LogP contribution is 2.26. The van der Waals surface area contributed by atoms with Crippen LogP contribution in [0.2, 0.25) is 10.0 Å². The van der Waals surface area contributed by atoms with Gasteiger partial charge in [0.1, 0.15) is 0 Å². The van der Waals surface area contributed by atoms with Gasteiger partial charge >= 0.3 is 0 Å². The fraction of sp³-hybridized carbons (Fsp3) is 0.333. The number of nitrogens with one attached hydrogen (secondary N) is 2. The van der Waals surface area contributed by atoms with Gasteiger partial charge in [-0.1, -0.05) is 53.5 Å². The van der Waals surface area contributed by atoms with Crippen molar-refractivity contribution in [2.45, 2.75) is 25.3 Å². The second-order valence-electron chi connectivity index (χ2n) is 6.83. The molecular weight excluding hydrogens is 397 g/mol. The number of amides is 2. The standard InChI is InChI=1S/C21H23Cl2N3O2/c22-16-8-9-18(17(23)13-16)25-21(28)19-7-4-12-26(19)14-20(27)24-11-10-15-5-2-1-3-6-15/h1-3,5-6,8-9,13,19H,4,7,10-12,14H2,(H,24,27)(H,25,28)/t19-/m0/s1. The summed E-state index contributed by atoms with van der Waals surface area (Å²) in [6.07, 6.45) is 2.38. The Morgan fingerprint density at radius 2 is 1.89 bits per heavy atom. The molecule has 0 spiro atoms. The molecule has 2 amide bonds. The van der Waals surface area contributed by atoms with E-state index in [1.807, 2.05) is 35.2 Å². The van der Waals surface area contributed by atoms with E-state index in [0.29, 0.717) is 28.7 Å². The first-order valence-corrected chi connectivity index (χ1v) is 10.1. The van der Waals surface area contributed by atoms with Crippen LogP contribution in [0.25, 0.3) is 0 Å². The number of nitrogens with zero attached hydrogens (tertiary/aromatic N) is 1. The van der Waals surface area contributed by atoms with Crippen molar-refractivity contribution in [3.05, 3.63) is 64.1 Å². The van der Waals surface area contributed by atoms with Crippen molar-refractivity contribution in [1.82, 2.24) is 10.2 Å². The van der Waals surface area contributed by atoms with Crippen LogP contribution in [0.4, 0.5) is 5.69 Å². The summed E-state index contributed by atoms with van der Waals surface area (Å²) in [5.41, 5.74) is 1.70. The SMILES string of the molecule is O=C(CN1CCC[C@H]1C(=O)Nc1ccc(Cl)cc1Cl)NCCc1ccccc1. The van der Waals surface area contributed by atoms with Crippen molar-refractivity contribution in [3.8, 4) is 0 Å². The Labute approximate surface area is 175 Å². The fourth-order valence-electron chi connectivity index (χ4n) is 3.35. The van der Waals surface area contributed by atoms with E-state index >= 15 is 0 Å². The first-order valence-electron chi connectivity index (χ1n) is 9.33. The molecule has 1 heterocycles. The lowest BCUT2D eigenvalue weighted by Crippen LogP contribution is -2.45. The molecule has 0 radical (unpaired) electrons. The molecule has 2 aromatic rings. The molecule has 0 aromatic heterocycles. The van der Waals surface area contributed by atoms with E-state index in [-0.39, 0.29) is 24.4 Å². The first kappa shape index (κ1) is 20.6. The predicted octanol–water partition coefficient (Wildman–Crippen LogP) is 3.76. The van der Waals surface area contributed by atoms with E-state index in [1.54, 1.807) is 18.2 Å². The average molecular weight is 420 g/mol. The molecule has 0 aliphatic carbocycles. The van der Waals surface area contributed by atoms with Crippen molar-refractivity contribution in [2.24, 2.45) is 0 Å². The third-order valence-electron chi connectivity index (χ3n) is 4.78. The van der Waals surface area contributed by atoms with Crippen LogP contribution in [-0.2, 0) is 16.0 Å². The molecule has 2 N–H and O–H groups in total. The van der Waals surface area contributed by atoms with Gasteiger partial charge < -0.3 is 10.6 Å². The molecule has 2 aromatic carbocycles. The van der Waals surface area contributed by atoms with Gasteiger partial charge in [-0.25, -0.2) is 0 Å². The van der Waals surface area contributed by atoms with Gasteiger partial charge in [0.25, 0.3) is 0 Å². The largest absolute Gasteiger partial charge is 0.355 e. The van der Waals surface area contributed by atoms with E-state index < -0.39 is 0 Å². The van der Waals surface area contributed by atoms with Crippen molar-refractivity contribution in [1.29, 1.82) is 0 Å². The van der Waals surface area contributed by atoms with Gasteiger partial charge in [0.2, 0.25) is 11.8 Å². The topological polar surface area (TPSA) is 61.4 Å². The molecule has 5 nitrogen and oxygen atoms in total. The number of halogens is 2. The van der Waals surface area contributed by atoms with Crippen LogP contribution in [0.15, 0.2) is 48.5 Å². The molecule has 3 rings (SSSR count). The minimum absolute atomic E-state index is 0.0693. The summed E-state index contributed by atoms with van der Waals surface area (Å²) in [6, 6.07) is 14.6. The molecule has 1 saturated heterocycles. The maximum atomic E-state index is 12.7. The zero-order chi connectivity index (χ0) is 19.9. The molecule has 148 valence electrons. The number of carbonyl (C=O) groups excluding carboxylic acids is 2. The molecule has 1 atom stereocenters. The quantitative estimate of drug-likeness (QED) is 0.717. The predicted molar refractivity (Wildman–Crippen MR) is 113 cm³/mol. The summed E-state index contributed by atoms with van der Waals surface area (Å²) in [5.74, 6) is -0.223. The van der Waals surface area contributed by atoms with E-state index in [2.05, 4.69) is 10.6 Å². The Hall–Kier alpha value is -2.08. The molecule has 0 unspecified atom stereocenters. The molecule has 1 aliphatic heterocycles. The lowest BCUT2D eigenvalue weighted by Gasteiger charge is -2.23. The highest BCUT2D eigenvalue weighted by Gasteiger charge is 2.32. The highest BCUT2D eigenvalue weighted by atomic mass is 35.5. The normalized spacial score (nSPS) is 16.7.